The zero-order chi connectivity index (χ0) is 20.6. The molecule has 0 bridgehead atoms. The molecule has 1 amide bonds. The number of carbonyl (C=O) groups excluding carboxylic acids is 1. The van der Waals surface area contributed by atoms with Gasteiger partial charge >= 0.3 is 0 Å². The molecular formula is C22H25N3O3S. The Balaban J connectivity index is 1.59. The van der Waals surface area contributed by atoms with E-state index in [0.717, 1.165) is 24.1 Å². The Hall–Kier alpha value is -2.67. The molecule has 29 heavy (non-hydrogen) atoms. The van der Waals surface area contributed by atoms with Crippen molar-refractivity contribution in [2.45, 2.75) is 31.6 Å². The summed E-state index contributed by atoms with van der Waals surface area (Å²) in [6, 6.07) is 14.8. The van der Waals surface area contributed by atoms with Crippen LogP contribution in [0.4, 0.5) is 5.69 Å². The van der Waals surface area contributed by atoms with Crippen molar-refractivity contribution >= 4 is 27.5 Å². The molecule has 6 nitrogen and oxygen atoms in total. The van der Waals surface area contributed by atoms with E-state index in [0.29, 0.717) is 31.0 Å². The van der Waals surface area contributed by atoms with Crippen LogP contribution in [0.15, 0.2) is 57.8 Å². The minimum Gasteiger partial charge on any atom is -0.355 e. The number of piperidine rings is 1. The third kappa shape index (κ3) is 3.55. The first-order valence-corrected chi connectivity index (χ1v) is 11.4. The number of likely N-dealkylation sites (tertiary alicyclic amines) is 1. The van der Waals surface area contributed by atoms with Gasteiger partial charge in [0.2, 0.25) is 5.91 Å². The number of hydrogen-bond acceptors (Lipinski definition) is 4. The maximum absolute atomic E-state index is 13.4. The van der Waals surface area contributed by atoms with Crippen molar-refractivity contribution in [3.63, 3.8) is 0 Å². The number of amidine groups is 1. The normalized spacial score (nSPS) is 20.1. The molecule has 1 fully saturated rings. The topological polar surface area (TPSA) is 70.1 Å². The Kier molecular flexibility index (Phi) is 5.17. The van der Waals surface area contributed by atoms with Crippen molar-refractivity contribution in [2.24, 2.45) is 10.3 Å². The molecule has 2 heterocycles. The van der Waals surface area contributed by atoms with Crippen LogP contribution in [0.25, 0.3) is 0 Å². The molecule has 0 saturated carbocycles. The summed E-state index contributed by atoms with van der Waals surface area (Å²) >= 11 is 0. The first-order valence-electron chi connectivity index (χ1n) is 9.98. The van der Waals surface area contributed by atoms with E-state index in [1.165, 1.54) is 0 Å². The number of anilines is 1. The van der Waals surface area contributed by atoms with Crippen LogP contribution in [0.3, 0.4) is 0 Å². The molecule has 0 N–H and O–H groups in total. The minimum absolute atomic E-state index is 0.0845. The lowest BCUT2D eigenvalue weighted by atomic mass is 9.95. The summed E-state index contributed by atoms with van der Waals surface area (Å²) in [5.74, 6) is 0.361. The van der Waals surface area contributed by atoms with Crippen LogP contribution >= 0.6 is 0 Å². The second kappa shape index (κ2) is 7.63. The van der Waals surface area contributed by atoms with Gasteiger partial charge in [-0.15, -0.1) is 4.40 Å². The van der Waals surface area contributed by atoms with Crippen LogP contribution in [0.5, 0.6) is 0 Å². The van der Waals surface area contributed by atoms with E-state index in [-0.39, 0.29) is 16.7 Å². The van der Waals surface area contributed by atoms with Crippen LogP contribution in [-0.2, 0) is 14.8 Å². The average molecular weight is 412 g/mol. The predicted octanol–water partition coefficient (Wildman–Crippen LogP) is 3.21. The smallest absolute Gasteiger partial charge is 0.285 e. The first kappa shape index (κ1) is 19.6. The Labute approximate surface area is 171 Å². The van der Waals surface area contributed by atoms with Crippen molar-refractivity contribution in [3.8, 4) is 0 Å². The summed E-state index contributed by atoms with van der Waals surface area (Å²) in [5.41, 5.74) is 2.63. The predicted molar refractivity (Wildman–Crippen MR) is 114 cm³/mol. The maximum Gasteiger partial charge on any atom is 0.285 e. The molecule has 2 aliphatic heterocycles. The van der Waals surface area contributed by atoms with Crippen molar-refractivity contribution in [1.82, 2.24) is 4.90 Å². The van der Waals surface area contributed by atoms with Gasteiger partial charge < -0.3 is 9.80 Å². The van der Waals surface area contributed by atoms with E-state index in [1.54, 1.807) is 18.2 Å². The maximum atomic E-state index is 13.4. The number of hydrogen-bond donors (Lipinski definition) is 0. The van der Waals surface area contributed by atoms with E-state index in [2.05, 4.69) is 4.40 Å². The molecule has 2 aliphatic rings. The number of carbonyl (C=O) groups is 1. The van der Waals surface area contributed by atoms with Crippen molar-refractivity contribution in [2.75, 3.05) is 24.5 Å². The zero-order valence-electron chi connectivity index (χ0n) is 16.7. The van der Waals surface area contributed by atoms with Gasteiger partial charge in [0.1, 0.15) is 4.90 Å². The third-order valence-corrected chi connectivity index (χ3v) is 7.00. The standard InChI is InChI=1S/C22H25N3O3S/c1-3-25(19-12-6-4-9-16(19)2)22(26)17-10-8-14-24(15-17)21-18-11-5-7-13-20(18)29(27,28)23-21/h4-7,9,11-13,17H,3,8,10,14-15H2,1-2H3. The first-order chi connectivity index (χ1) is 13.9. The molecule has 4 rings (SSSR count). The van der Waals surface area contributed by atoms with Crippen LogP contribution in [0.1, 0.15) is 30.9 Å². The number of para-hydroxylation sites is 1. The average Bonchev–Trinajstić information content (AvgIpc) is 3.01. The zero-order valence-corrected chi connectivity index (χ0v) is 17.5. The highest BCUT2D eigenvalue weighted by molar-refractivity contribution is 7.90. The molecule has 1 saturated heterocycles. The summed E-state index contributed by atoms with van der Waals surface area (Å²) in [7, 11) is -3.66. The molecule has 2 aromatic carbocycles. The van der Waals surface area contributed by atoms with Crippen LogP contribution in [-0.4, -0.2) is 44.7 Å². The van der Waals surface area contributed by atoms with E-state index in [4.69, 9.17) is 0 Å². The molecular weight excluding hydrogens is 386 g/mol. The minimum atomic E-state index is -3.66. The molecule has 152 valence electrons. The summed E-state index contributed by atoms with van der Waals surface area (Å²) in [6.07, 6.45) is 1.61. The number of amides is 1. The summed E-state index contributed by atoms with van der Waals surface area (Å²) in [4.78, 5) is 17.4. The number of benzene rings is 2. The Morgan fingerprint density at radius 3 is 2.66 bits per heavy atom. The fourth-order valence-electron chi connectivity index (χ4n) is 4.22. The third-order valence-electron chi connectivity index (χ3n) is 5.67. The molecule has 2 aromatic rings. The number of rotatable bonds is 3. The Morgan fingerprint density at radius 2 is 1.90 bits per heavy atom. The largest absolute Gasteiger partial charge is 0.355 e. The lowest BCUT2D eigenvalue weighted by Gasteiger charge is -2.36. The van der Waals surface area contributed by atoms with Gasteiger partial charge in [-0.3, -0.25) is 4.79 Å². The van der Waals surface area contributed by atoms with Gasteiger partial charge in [-0.25, -0.2) is 0 Å². The summed E-state index contributed by atoms with van der Waals surface area (Å²) < 4.78 is 28.9. The molecule has 1 atom stereocenters. The highest BCUT2D eigenvalue weighted by Gasteiger charge is 2.36. The Morgan fingerprint density at radius 1 is 1.17 bits per heavy atom. The fraction of sp³-hybridized carbons (Fsp3) is 0.364. The number of sulfonamides is 1. The molecule has 0 spiro atoms. The number of nitrogens with zero attached hydrogens (tertiary/aromatic N) is 3. The van der Waals surface area contributed by atoms with Gasteiger partial charge in [-0.1, -0.05) is 30.3 Å². The lowest BCUT2D eigenvalue weighted by molar-refractivity contribution is -0.123. The summed E-state index contributed by atoms with van der Waals surface area (Å²) in [6.45, 7) is 5.76. The van der Waals surface area contributed by atoms with Gasteiger partial charge in [0.05, 0.1) is 5.92 Å². The van der Waals surface area contributed by atoms with E-state index < -0.39 is 10.0 Å². The van der Waals surface area contributed by atoms with Gasteiger partial charge in [0.25, 0.3) is 10.0 Å². The second-order valence-electron chi connectivity index (χ2n) is 7.54. The van der Waals surface area contributed by atoms with E-state index in [9.17, 15) is 13.2 Å². The second-order valence-corrected chi connectivity index (χ2v) is 9.11. The fourth-order valence-corrected chi connectivity index (χ4v) is 5.45. The van der Waals surface area contributed by atoms with Gasteiger partial charge in [-0.05, 0) is 50.5 Å². The molecule has 0 aliphatic carbocycles. The highest BCUT2D eigenvalue weighted by Crippen LogP contribution is 2.31. The molecule has 0 aromatic heterocycles. The van der Waals surface area contributed by atoms with Gasteiger partial charge in [0.15, 0.2) is 5.84 Å². The van der Waals surface area contributed by atoms with Gasteiger partial charge in [-0.2, -0.15) is 8.42 Å². The van der Waals surface area contributed by atoms with Crippen LogP contribution < -0.4 is 4.90 Å². The monoisotopic (exact) mass is 411 g/mol. The van der Waals surface area contributed by atoms with Crippen molar-refractivity contribution in [1.29, 1.82) is 0 Å². The molecule has 7 heteroatoms. The molecule has 0 radical (unpaired) electrons. The quantitative estimate of drug-likeness (QED) is 0.778. The van der Waals surface area contributed by atoms with E-state index in [1.807, 2.05) is 54.0 Å². The number of aryl methyl sites for hydroxylation is 1. The number of fused-ring (bicyclic) bond motifs is 1. The van der Waals surface area contributed by atoms with E-state index >= 15 is 0 Å². The lowest BCUT2D eigenvalue weighted by Crippen LogP contribution is -2.47. The van der Waals surface area contributed by atoms with Crippen LogP contribution in [0, 0.1) is 12.8 Å². The summed E-state index contributed by atoms with van der Waals surface area (Å²) in [5, 5.41) is 0. The highest BCUT2D eigenvalue weighted by atomic mass is 32.2. The van der Waals surface area contributed by atoms with Crippen LogP contribution in [0.2, 0.25) is 0 Å². The Bertz CT molecular complexity index is 1080. The van der Waals surface area contributed by atoms with Crippen molar-refractivity contribution < 1.29 is 13.2 Å². The van der Waals surface area contributed by atoms with Gasteiger partial charge in [0, 0.05) is 30.9 Å². The van der Waals surface area contributed by atoms with Crippen molar-refractivity contribution in [3.05, 3.63) is 59.7 Å². The molecule has 1 unspecified atom stereocenters. The SMILES string of the molecule is CCN(C(=O)C1CCCN(C2=NS(=O)(=O)c3ccccc32)C1)c1ccccc1C.